The molecular formula is C29H31N5O4. The first-order chi connectivity index (χ1) is 18.5. The minimum Gasteiger partial charge on any atom is -0.497 e. The highest BCUT2D eigenvalue weighted by atomic mass is 16.5. The molecule has 196 valence electrons. The molecule has 0 radical (unpaired) electrons. The van der Waals surface area contributed by atoms with Crippen LogP contribution in [-0.4, -0.2) is 51.5 Å². The van der Waals surface area contributed by atoms with Crippen molar-refractivity contribution < 1.29 is 19.1 Å². The normalized spacial score (nSPS) is 14.3. The standard InChI is InChI=1S/C29H31N5O4/c1-4-24-23-19-33(29(36)30-18-26(35)38-5-2)27(20-11-9-14-22(17-20)37-3)25-15-10-16-32(25)28(23)34(31-24)21-12-7-6-8-13-21/h6-17,27H,4-5,18-19H2,1-3H3,(H,30,36)/t27-/m0/s1. The quantitative estimate of drug-likeness (QED) is 0.370. The second kappa shape index (κ2) is 10.8. The molecule has 4 aromatic rings. The van der Waals surface area contributed by atoms with Crippen molar-refractivity contribution in [3.05, 3.63) is 95.4 Å². The highest BCUT2D eigenvalue weighted by molar-refractivity contribution is 5.81. The number of hydrogen-bond acceptors (Lipinski definition) is 5. The number of benzene rings is 2. The molecule has 3 heterocycles. The molecule has 2 aromatic carbocycles. The number of para-hydroxylation sites is 1. The van der Waals surface area contributed by atoms with E-state index < -0.39 is 12.0 Å². The van der Waals surface area contributed by atoms with Gasteiger partial charge in [-0.15, -0.1) is 0 Å². The molecule has 9 heteroatoms. The van der Waals surface area contributed by atoms with Crippen molar-refractivity contribution in [2.24, 2.45) is 0 Å². The minimum absolute atomic E-state index is 0.216. The van der Waals surface area contributed by atoms with Gasteiger partial charge in [-0.05, 0) is 55.3 Å². The smallest absolute Gasteiger partial charge is 0.325 e. The fourth-order valence-corrected chi connectivity index (χ4v) is 4.97. The molecule has 0 bridgehead atoms. The largest absolute Gasteiger partial charge is 0.497 e. The molecule has 1 N–H and O–H groups in total. The number of aromatic nitrogens is 3. The maximum Gasteiger partial charge on any atom is 0.325 e. The summed E-state index contributed by atoms with van der Waals surface area (Å²) in [5, 5.41) is 7.73. The summed E-state index contributed by atoms with van der Waals surface area (Å²) >= 11 is 0. The highest BCUT2D eigenvalue weighted by Gasteiger charge is 2.36. The number of carbonyl (C=O) groups is 2. The van der Waals surface area contributed by atoms with Crippen LogP contribution < -0.4 is 10.1 Å². The van der Waals surface area contributed by atoms with Crippen molar-refractivity contribution in [3.8, 4) is 17.3 Å². The number of nitrogens with one attached hydrogen (secondary N) is 1. The molecule has 0 fully saturated rings. The molecular weight excluding hydrogens is 482 g/mol. The first-order valence-electron chi connectivity index (χ1n) is 12.7. The molecule has 0 spiro atoms. The van der Waals surface area contributed by atoms with E-state index in [2.05, 4.69) is 16.8 Å². The summed E-state index contributed by atoms with van der Waals surface area (Å²) in [4.78, 5) is 27.6. The topological polar surface area (TPSA) is 90.6 Å². The highest BCUT2D eigenvalue weighted by Crippen LogP contribution is 2.39. The lowest BCUT2D eigenvalue weighted by molar-refractivity contribution is -0.141. The summed E-state index contributed by atoms with van der Waals surface area (Å²) in [6, 6.07) is 20.8. The zero-order valence-electron chi connectivity index (χ0n) is 21.8. The van der Waals surface area contributed by atoms with Gasteiger partial charge < -0.3 is 24.3 Å². The molecule has 0 aliphatic carbocycles. The number of aryl methyl sites for hydroxylation is 1. The van der Waals surface area contributed by atoms with Crippen LogP contribution in [0.1, 0.15) is 42.4 Å². The predicted molar refractivity (Wildman–Crippen MR) is 143 cm³/mol. The molecule has 1 aliphatic rings. The third kappa shape index (κ3) is 4.63. The van der Waals surface area contributed by atoms with Gasteiger partial charge in [0.05, 0.1) is 43.4 Å². The molecule has 0 saturated carbocycles. The zero-order valence-corrected chi connectivity index (χ0v) is 21.8. The molecule has 1 atom stereocenters. The van der Waals surface area contributed by atoms with E-state index in [4.69, 9.17) is 14.6 Å². The van der Waals surface area contributed by atoms with Crippen molar-refractivity contribution in [2.75, 3.05) is 20.3 Å². The van der Waals surface area contributed by atoms with E-state index in [1.54, 1.807) is 18.9 Å². The Kier molecular flexibility index (Phi) is 7.17. The van der Waals surface area contributed by atoms with Gasteiger partial charge in [0.2, 0.25) is 0 Å². The maximum absolute atomic E-state index is 13.8. The number of rotatable bonds is 7. The van der Waals surface area contributed by atoms with Crippen LogP contribution in [0, 0.1) is 0 Å². The van der Waals surface area contributed by atoms with Gasteiger partial charge in [-0.1, -0.05) is 37.3 Å². The van der Waals surface area contributed by atoms with Crippen molar-refractivity contribution in [3.63, 3.8) is 0 Å². The summed E-state index contributed by atoms with van der Waals surface area (Å²) in [5.74, 6) is 1.10. The summed E-state index contributed by atoms with van der Waals surface area (Å²) in [7, 11) is 1.62. The van der Waals surface area contributed by atoms with E-state index in [1.165, 1.54) is 0 Å². The molecule has 5 rings (SSSR count). The number of amides is 2. The van der Waals surface area contributed by atoms with E-state index in [0.29, 0.717) is 18.7 Å². The van der Waals surface area contributed by atoms with Crippen LogP contribution in [0.15, 0.2) is 72.9 Å². The van der Waals surface area contributed by atoms with E-state index in [1.807, 2.05) is 77.6 Å². The Morgan fingerprint density at radius 3 is 2.61 bits per heavy atom. The van der Waals surface area contributed by atoms with E-state index in [9.17, 15) is 9.59 Å². The van der Waals surface area contributed by atoms with Gasteiger partial charge in [0.15, 0.2) is 0 Å². The first kappa shape index (κ1) is 25.1. The Bertz CT molecular complexity index is 1440. The van der Waals surface area contributed by atoms with Crippen molar-refractivity contribution in [1.29, 1.82) is 0 Å². The third-order valence-electron chi connectivity index (χ3n) is 6.66. The zero-order chi connectivity index (χ0) is 26.6. The monoisotopic (exact) mass is 513 g/mol. The molecule has 0 saturated heterocycles. The van der Waals surface area contributed by atoms with Gasteiger partial charge in [-0.2, -0.15) is 5.10 Å². The maximum atomic E-state index is 13.8. The van der Waals surface area contributed by atoms with Crippen molar-refractivity contribution in [1.82, 2.24) is 24.6 Å². The van der Waals surface area contributed by atoms with Crippen LogP contribution in [-0.2, 0) is 22.5 Å². The number of fused-ring (bicyclic) bond motifs is 3. The number of esters is 1. The summed E-state index contributed by atoms with van der Waals surface area (Å²) in [6.07, 6.45) is 2.70. The Morgan fingerprint density at radius 1 is 1.05 bits per heavy atom. The van der Waals surface area contributed by atoms with Crippen LogP contribution in [0.3, 0.4) is 0 Å². The van der Waals surface area contributed by atoms with Crippen LogP contribution in [0.25, 0.3) is 11.5 Å². The first-order valence-corrected chi connectivity index (χ1v) is 12.7. The Labute approximate surface area is 221 Å². The van der Waals surface area contributed by atoms with Gasteiger partial charge >= 0.3 is 12.0 Å². The van der Waals surface area contributed by atoms with Crippen molar-refractivity contribution in [2.45, 2.75) is 32.9 Å². The lowest BCUT2D eigenvalue weighted by atomic mass is 10.0. The number of ether oxygens (including phenoxy) is 2. The number of hydrogen-bond donors (Lipinski definition) is 1. The molecule has 1 aliphatic heterocycles. The molecule has 2 aromatic heterocycles. The molecule has 2 amide bonds. The Balaban J connectivity index is 1.68. The average Bonchev–Trinajstić information content (AvgIpc) is 3.53. The summed E-state index contributed by atoms with van der Waals surface area (Å²) in [5.41, 5.74) is 4.56. The lowest BCUT2D eigenvalue weighted by Crippen LogP contribution is -2.44. The molecule has 38 heavy (non-hydrogen) atoms. The number of methoxy groups -OCH3 is 1. The van der Waals surface area contributed by atoms with Gasteiger partial charge in [0, 0.05) is 11.8 Å². The van der Waals surface area contributed by atoms with Crippen LogP contribution >= 0.6 is 0 Å². The molecule has 0 unspecified atom stereocenters. The van der Waals surface area contributed by atoms with E-state index >= 15 is 0 Å². The van der Waals surface area contributed by atoms with Gasteiger partial charge in [0.25, 0.3) is 0 Å². The van der Waals surface area contributed by atoms with Gasteiger partial charge in [0.1, 0.15) is 18.1 Å². The van der Waals surface area contributed by atoms with Crippen LogP contribution in [0.4, 0.5) is 4.79 Å². The molecule has 9 nitrogen and oxygen atoms in total. The average molecular weight is 514 g/mol. The number of carbonyl (C=O) groups excluding carboxylic acids is 2. The van der Waals surface area contributed by atoms with Crippen LogP contribution in [0.2, 0.25) is 0 Å². The lowest BCUT2D eigenvalue weighted by Gasteiger charge is -2.31. The van der Waals surface area contributed by atoms with Crippen LogP contribution in [0.5, 0.6) is 5.75 Å². The fraction of sp³-hybridized carbons (Fsp3) is 0.276. The Morgan fingerprint density at radius 2 is 1.87 bits per heavy atom. The summed E-state index contributed by atoms with van der Waals surface area (Å²) < 4.78 is 14.6. The SMILES string of the molecule is CCOC(=O)CNC(=O)N1Cc2c(CC)nn(-c3ccccc3)c2-n2cccc2[C@@H]1c1cccc(OC)c1. The number of urea groups is 1. The summed E-state index contributed by atoms with van der Waals surface area (Å²) in [6.45, 7) is 4.12. The van der Waals surface area contributed by atoms with Gasteiger partial charge in [-0.25, -0.2) is 9.48 Å². The van der Waals surface area contributed by atoms with E-state index in [-0.39, 0.29) is 19.2 Å². The number of nitrogens with zero attached hydrogens (tertiary/aromatic N) is 4. The Hall–Kier alpha value is -4.53. The fourth-order valence-electron chi connectivity index (χ4n) is 4.97. The predicted octanol–water partition coefficient (Wildman–Crippen LogP) is 4.41. The minimum atomic E-state index is -0.483. The second-order valence-corrected chi connectivity index (χ2v) is 8.92. The van der Waals surface area contributed by atoms with Gasteiger partial charge in [-0.3, -0.25) is 4.79 Å². The van der Waals surface area contributed by atoms with E-state index in [0.717, 1.165) is 34.0 Å². The third-order valence-corrected chi connectivity index (χ3v) is 6.66. The second-order valence-electron chi connectivity index (χ2n) is 8.92. The van der Waals surface area contributed by atoms with Crippen molar-refractivity contribution >= 4 is 12.0 Å².